The van der Waals surface area contributed by atoms with Crippen molar-refractivity contribution in [2.45, 2.75) is 0 Å². The summed E-state index contributed by atoms with van der Waals surface area (Å²) in [7, 11) is 0. The fraction of sp³-hybridized carbons (Fsp3) is 0. The van der Waals surface area contributed by atoms with Gasteiger partial charge in [0.2, 0.25) is 0 Å². The van der Waals surface area contributed by atoms with Crippen LogP contribution in [0.5, 0.6) is 5.75 Å². The van der Waals surface area contributed by atoms with Crippen LogP contribution in [0, 0.1) is 3.57 Å². The minimum Gasteiger partial charge on any atom is -0.507 e. The number of phenolic OH excluding ortho intramolecular Hbond substituents is 1. The highest BCUT2D eigenvalue weighted by Gasteiger charge is 2.06. The lowest BCUT2D eigenvalue weighted by molar-refractivity contribution is 0.472. The lowest BCUT2D eigenvalue weighted by atomic mass is 10.1. The van der Waals surface area contributed by atoms with Crippen LogP contribution in [0.25, 0.3) is 10.8 Å². The molecule has 0 radical (unpaired) electrons. The highest BCUT2D eigenvalue weighted by atomic mass is 127. The molecule has 0 aliphatic rings. The molecular weight excluding hydrogens is 343 g/mol. The van der Waals surface area contributed by atoms with Gasteiger partial charge in [-0.05, 0) is 55.4 Å². The van der Waals surface area contributed by atoms with Gasteiger partial charge in [-0.25, -0.2) is 0 Å². The molecule has 0 fully saturated rings. The molecule has 0 aliphatic heterocycles. The molecule has 0 aromatic heterocycles. The van der Waals surface area contributed by atoms with Gasteiger partial charge in [0, 0.05) is 4.47 Å². The summed E-state index contributed by atoms with van der Waals surface area (Å²) < 4.78 is 1.82. The third-order valence-corrected chi connectivity index (χ3v) is 4.56. The van der Waals surface area contributed by atoms with E-state index in [0.717, 1.165) is 18.8 Å². The SMILES string of the molecule is Oc1cc2ccccc2c(Br)c1I. The van der Waals surface area contributed by atoms with E-state index in [2.05, 4.69) is 38.5 Å². The van der Waals surface area contributed by atoms with Crippen LogP contribution in [-0.4, -0.2) is 5.11 Å². The summed E-state index contributed by atoms with van der Waals surface area (Å²) in [5, 5.41) is 11.7. The monoisotopic (exact) mass is 348 g/mol. The maximum atomic E-state index is 9.56. The molecule has 0 saturated carbocycles. The van der Waals surface area contributed by atoms with Gasteiger partial charge in [0.1, 0.15) is 5.75 Å². The van der Waals surface area contributed by atoms with Gasteiger partial charge in [-0.1, -0.05) is 24.3 Å². The summed E-state index contributed by atoms with van der Waals surface area (Å²) >= 11 is 5.58. The van der Waals surface area contributed by atoms with E-state index in [4.69, 9.17) is 0 Å². The summed E-state index contributed by atoms with van der Waals surface area (Å²) in [5.41, 5.74) is 0. The van der Waals surface area contributed by atoms with E-state index in [9.17, 15) is 5.11 Å². The Hall–Kier alpha value is -0.290. The molecule has 2 aromatic carbocycles. The molecule has 0 atom stereocenters. The van der Waals surface area contributed by atoms with E-state index in [1.54, 1.807) is 6.07 Å². The molecule has 2 aromatic rings. The topological polar surface area (TPSA) is 20.2 Å². The van der Waals surface area contributed by atoms with Crippen LogP contribution in [0.2, 0.25) is 0 Å². The Bertz CT molecular complexity index is 468. The van der Waals surface area contributed by atoms with Crippen LogP contribution in [-0.2, 0) is 0 Å². The summed E-state index contributed by atoms with van der Waals surface area (Å²) in [4.78, 5) is 0. The summed E-state index contributed by atoms with van der Waals surface area (Å²) in [6.45, 7) is 0. The molecule has 66 valence electrons. The highest BCUT2D eigenvalue weighted by molar-refractivity contribution is 14.1. The largest absolute Gasteiger partial charge is 0.507 e. The summed E-state index contributed by atoms with van der Waals surface area (Å²) in [6, 6.07) is 9.74. The Morgan fingerprint density at radius 2 is 1.92 bits per heavy atom. The molecule has 2 rings (SSSR count). The van der Waals surface area contributed by atoms with E-state index < -0.39 is 0 Å². The molecule has 0 bridgehead atoms. The van der Waals surface area contributed by atoms with Crippen LogP contribution in [0.4, 0.5) is 0 Å². The molecule has 0 aliphatic carbocycles. The number of hydrogen-bond acceptors (Lipinski definition) is 1. The normalized spacial score (nSPS) is 10.6. The number of fused-ring (bicyclic) bond motifs is 1. The first-order chi connectivity index (χ1) is 6.20. The average Bonchev–Trinajstić information content (AvgIpc) is 2.15. The van der Waals surface area contributed by atoms with Crippen molar-refractivity contribution < 1.29 is 5.11 Å². The Kier molecular flexibility index (Phi) is 2.47. The van der Waals surface area contributed by atoms with Gasteiger partial charge < -0.3 is 5.11 Å². The van der Waals surface area contributed by atoms with E-state index in [1.165, 1.54) is 0 Å². The summed E-state index contributed by atoms with van der Waals surface area (Å²) in [5.74, 6) is 0.325. The fourth-order valence-electron chi connectivity index (χ4n) is 1.26. The lowest BCUT2D eigenvalue weighted by Crippen LogP contribution is -1.80. The number of halogens is 2. The second kappa shape index (κ2) is 3.46. The molecular formula is C10H6BrIO. The van der Waals surface area contributed by atoms with Gasteiger partial charge in [0.15, 0.2) is 0 Å². The van der Waals surface area contributed by atoms with Gasteiger partial charge in [0.05, 0.1) is 3.57 Å². The first-order valence-electron chi connectivity index (χ1n) is 3.76. The Morgan fingerprint density at radius 3 is 2.69 bits per heavy atom. The predicted octanol–water partition coefficient (Wildman–Crippen LogP) is 3.91. The minimum absolute atomic E-state index is 0.325. The number of hydrogen-bond donors (Lipinski definition) is 1. The number of phenols is 1. The first kappa shape index (κ1) is 9.27. The average molecular weight is 349 g/mol. The molecule has 0 saturated heterocycles. The number of benzene rings is 2. The van der Waals surface area contributed by atoms with Crippen molar-refractivity contribution in [3.8, 4) is 5.75 Å². The van der Waals surface area contributed by atoms with Gasteiger partial charge in [-0.2, -0.15) is 0 Å². The molecule has 3 heteroatoms. The van der Waals surface area contributed by atoms with E-state index in [-0.39, 0.29) is 0 Å². The Balaban J connectivity index is 2.94. The van der Waals surface area contributed by atoms with Gasteiger partial charge in [-0.3, -0.25) is 0 Å². The number of aromatic hydroxyl groups is 1. The third-order valence-electron chi connectivity index (χ3n) is 1.91. The smallest absolute Gasteiger partial charge is 0.130 e. The quantitative estimate of drug-likeness (QED) is 0.715. The van der Waals surface area contributed by atoms with Crippen LogP contribution in [0.15, 0.2) is 34.8 Å². The van der Waals surface area contributed by atoms with Crippen LogP contribution < -0.4 is 0 Å². The van der Waals surface area contributed by atoms with Crippen LogP contribution in [0.3, 0.4) is 0 Å². The van der Waals surface area contributed by atoms with E-state index in [0.29, 0.717) is 5.75 Å². The second-order valence-corrected chi connectivity index (χ2v) is 4.62. The van der Waals surface area contributed by atoms with Crippen molar-refractivity contribution >= 4 is 49.3 Å². The predicted molar refractivity (Wildman–Crippen MR) is 66.0 cm³/mol. The fourth-order valence-corrected chi connectivity index (χ4v) is 2.27. The standard InChI is InChI=1S/C10H6BrIO/c11-9-7-4-2-1-3-6(7)5-8(13)10(9)12/h1-5,13H. The van der Waals surface area contributed by atoms with Crippen molar-refractivity contribution in [3.63, 3.8) is 0 Å². The Labute approximate surface area is 98.0 Å². The third kappa shape index (κ3) is 1.55. The summed E-state index contributed by atoms with van der Waals surface area (Å²) in [6.07, 6.45) is 0. The minimum atomic E-state index is 0.325. The molecule has 1 N–H and O–H groups in total. The maximum absolute atomic E-state index is 9.56. The Morgan fingerprint density at radius 1 is 1.23 bits per heavy atom. The second-order valence-electron chi connectivity index (χ2n) is 2.74. The molecule has 1 nitrogen and oxygen atoms in total. The van der Waals surface area contributed by atoms with Gasteiger partial charge >= 0.3 is 0 Å². The van der Waals surface area contributed by atoms with Crippen molar-refractivity contribution in [1.29, 1.82) is 0 Å². The number of rotatable bonds is 0. The van der Waals surface area contributed by atoms with Crippen LogP contribution in [0.1, 0.15) is 0 Å². The molecule has 0 spiro atoms. The lowest BCUT2D eigenvalue weighted by Gasteiger charge is -2.04. The van der Waals surface area contributed by atoms with Gasteiger partial charge in [0.25, 0.3) is 0 Å². The van der Waals surface area contributed by atoms with Crippen LogP contribution >= 0.6 is 38.5 Å². The highest BCUT2D eigenvalue weighted by Crippen LogP contribution is 2.34. The van der Waals surface area contributed by atoms with Crippen molar-refractivity contribution in [2.24, 2.45) is 0 Å². The van der Waals surface area contributed by atoms with E-state index >= 15 is 0 Å². The first-order valence-corrected chi connectivity index (χ1v) is 5.63. The maximum Gasteiger partial charge on any atom is 0.130 e. The molecule has 0 amide bonds. The molecule has 13 heavy (non-hydrogen) atoms. The van der Waals surface area contributed by atoms with Crippen molar-refractivity contribution in [3.05, 3.63) is 38.4 Å². The molecule has 0 heterocycles. The van der Waals surface area contributed by atoms with Gasteiger partial charge in [-0.15, -0.1) is 0 Å². The zero-order valence-corrected chi connectivity index (χ0v) is 10.3. The zero-order valence-electron chi connectivity index (χ0n) is 6.59. The van der Waals surface area contributed by atoms with Crippen molar-refractivity contribution in [2.75, 3.05) is 0 Å². The van der Waals surface area contributed by atoms with Crippen molar-refractivity contribution in [1.82, 2.24) is 0 Å². The zero-order chi connectivity index (χ0) is 9.42. The molecule has 0 unspecified atom stereocenters. The van der Waals surface area contributed by atoms with E-state index in [1.807, 2.05) is 24.3 Å².